The lowest BCUT2D eigenvalue weighted by Gasteiger charge is -2.37. The molecule has 0 bridgehead atoms. The Morgan fingerprint density at radius 1 is 1.14 bits per heavy atom. The Labute approximate surface area is 159 Å². The van der Waals surface area contributed by atoms with Crippen LogP contribution in [0.15, 0.2) is 42.7 Å². The van der Waals surface area contributed by atoms with E-state index in [0.717, 1.165) is 6.07 Å². The molecule has 0 saturated carbocycles. The molecule has 0 radical (unpaired) electrons. The van der Waals surface area contributed by atoms with Crippen molar-refractivity contribution in [3.8, 4) is 5.75 Å². The van der Waals surface area contributed by atoms with Gasteiger partial charge in [-0.1, -0.05) is 13.8 Å². The summed E-state index contributed by atoms with van der Waals surface area (Å²) in [7, 11) is 1.35. The highest BCUT2D eigenvalue weighted by Gasteiger charge is 2.58. The summed E-state index contributed by atoms with van der Waals surface area (Å²) < 4.78 is 61.1. The van der Waals surface area contributed by atoms with Gasteiger partial charge in [-0.25, -0.2) is 4.39 Å². The van der Waals surface area contributed by atoms with Gasteiger partial charge in [0.25, 0.3) is 0 Å². The van der Waals surface area contributed by atoms with Gasteiger partial charge in [-0.05, 0) is 35.7 Å². The van der Waals surface area contributed by atoms with Crippen LogP contribution in [0, 0.1) is 5.82 Å². The maximum Gasteiger partial charge on any atom is 0.422 e. The van der Waals surface area contributed by atoms with Gasteiger partial charge in [0.1, 0.15) is 11.6 Å². The number of alkyl halides is 3. The SMILES string of the molecule is COc1ccc(F)cc1C(C)(C)CC(O)(c1cc2ccncc2[nH]1)C(F)(F)F. The first kappa shape index (κ1) is 20.1. The molecule has 2 N–H and O–H groups in total. The smallest absolute Gasteiger partial charge is 0.422 e. The molecule has 0 amide bonds. The van der Waals surface area contributed by atoms with Crippen molar-refractivity contribution in [3.05, 3.63) is 59.8 Å². The quantitative estimate of drug-likeness (QED) is 0.608. The summed E-state index contributed by atoms with van der Waals surface area (Å²) in [6, 6.07) is 6.45. The number of hydrogen-bond acceptors (Lipinski definition) is 3. The van der Waals surface area contributed by atoms with Gasteiger partial charge in [-0.15, -0.1) is 0 Å². The molecule has 0 aliphatic carbocycles. The molecule has 2 heterocycles. The van der Waals surface area contributed by atoms with Gasteiger partial charge in [-0.3, -0.25) is 4.98 Å². The maximum absolute atomic E-state index is 14.0. The van der Waals surface area contributed by atoms with Crippen LogP contribution in [-0.2, 0) is 11.0 Å². The van der Waals surface area contributed by atoms with E-state index in [9.17, 15) is 22.7 Å². The second-order valence-electron chi connectivity index (χ2n) is 7.41. The number of fused-ring (bicyclic) bond motifs is 1. The number of methoxy groups -OCH3 is 1. The Morgan fingerprint density at radius 2 is 1.86 bits per heavy atom. The Hall–Kier alpha value is -2.61. The molecule has 8 heteroatoms. The summed E-state index contributed by atoms with van der Waals surface area (Å²) in [4.78, 5) is 6.49. The third-order valence-corrected chi connectivity index (χ3v) is 4.93. The molecule has 4 nitrogen and oxygen atoms in total. The van der Waals surface area contributed by atoms with Gasteiger partial charge >= 0.3 is 6.18 Å². The summed E-state index contributed by atoms with van der Waals surface area (Å²) in [5, 5.41) is 11.3. The van der Waals surface area contributed by atoms with E-state index in [2.05, 4.69) is 9.97 Å². The lowest BCUT2D eigenvalue weighted by atomic mass is 9.73. The van der Waals surface area contributed by atoms with Crippen LogP contribution < -0.4 is 4.74 Å². The van der Waals surface area contributed by atoms with E-state index >= 15 is 0 Å². The molecule has 28 heavy (non-hydrogen) atoms. The van der Waals surface area contributed by atoms with Crippen LogP contribution >= 0.6 is 0 Å². The van der Waals surface area contributed by atoms with E-state index in [1.54, 1.807) is 6.07 Å². The monoisotopic (exact) mass is 396 g/mol. The zero-order valence-electron chi connectivity index (χ0n) is 15.6. The predicted molar refractivity (Wildman–Crippen MR) is 96.6 cm³/mol. The lowest BCUT2D eigenvalue weighted by Crippen LogP contribution is -2.47. The lowest BCUT2D eigenvalue weighted by molar-refractivity contribution is -0.274. The number of aromatic nitrogens is 2. The number of aromatic amines is 1. The van der Waals surface area contributed by atoms with Crippen LogP contribution in [0.5, 0.6) is 5.75 Å². The zero-order chi connectivity index (χ0) is 20.7. The molecule has 1 aromatic carbocycles. The van der Waals surface area contributed by atoms with Gasteiger partial charge in [0.15, 0.2) is 0 Å². The minimum absolute atomic E-state index is 0.232. The van der Waals surface area contributed by atoms with Crippen molar-refractivity contribution in [2.24, 2.45) is 0 Å². The van der Waals surface area contributed by atoms with Crippen LogP contribution in [0.25, 0.3) is 10.9 Å². The van der Waals surface area contributed by atoms with E-state index in [0.29, 0.717) is 10.9 Å². The Morgan fingerprint density at radius 3 is 2.46 bits per heavy atom. The molecular weight excluding hydrogens is 376 g/mol. The number of hydrogen-bond donors (Lipinski definition) is 2. The van der Waals surface area contributed by atoms with E-state index in [1.165, 1.54) is 51.6 Å². The molecule has 0 aliphatic rings. The van der Waals surface area contributed by atoms with Crippen molar-refractivity contribution in [2.75, 3.05) is 7.11 Å². The molecular formula is C20H20F4N2O2. The molecule has 1 unspecified atom stereocenters. The highest BCUT2D eigenvalue weighted by Crippen LogP contribution is 2.48. The number of pyridine rings is 1. The Kier molecular flexibility index (Phi) is 4.87. The first-order valence-electron chi connectivity index (χ1n) is 8.54. The Bertz CT molecular complexity index is 964. The van der Waals surface area contributed by atoms with Crippen LogP contribution in [0.2, 0.25) is 0 Å². The highest BCUT2D eigenvalue weighted by molar-refractivity contribution is 5.79. The third kappa shape index (κ3) is 3.44. The molecule has 0 fully saturated rings. The van der Waals surface area contributed by atoms with Gasteiger partial charge in [0.2, 0.25) is 5.60 Å². The minimum Gasteiger partial charge on any atom is -0.496 e. The largest absolute Gasteiger partial charge is 0.496 e. The maximum atomic E-state index is 14.0. The summed E-state index contributed by atoms with van der Waals surface area (Å²) >= 11 is 0. The summed E-state index contributed by atoms with van der Waals surface area (Å²) in [6.07, 6.45) is -2.88. The fraction of sp³-hybridized carbons (Fsp3) is 0.350. The van der Waals surface area contributed by atoms with Gasteiger partial charge < -0.3 is 14.8 Å². The second-order valence-corrected chi connectivity index (χ2v) is 7.41. The molecule has 3 aromatic rings. The molecule has 0 aliphatic heterocycles. The molecule has 0 spiro atoms. The zero-order valence-corrected chi connectivity index (χ0v) is 15.6. The third-order valence-electron chi connectivity index (χ3n) is 4.93. The summed E-state index contributed by atoms with van der Waals surface area (Å²) in [5.41, 5.74) is -4.25. The average Bonchev–Trinajstić information content (AvgIpc) is 3.05. The van der Waals surface area contributed by atoms with Gasteiger partial charge in [-0.2, -0.15) is 13.2 Å². The van der Waals surface area contributed by atoms with E-state index in [-0.39, 0.29) is 11.3 Å². The van der Waals surface area contributed by atoms with Crippen LogP contribution in [-0.4, -0.2) is 28.4 Å². The van der Waals surface area contributed by atoms with Gasteiger partial charge in [0, 0.05) is 23.6 Å². The topological polar surface area (TPSA) is 58.1 Å². The number of ether oxygens (including phenoxy) is 1. The number of rotatable bonds is 5. The molecule has 3 rings (SSSR count). The van der Waals surface area contributed by atoms with Crippen molar-refractivity contribution in [2.45, 2.75) is 37.5 Å². The minimum atomic E-state index is -4.97. The fourth-order valence-corrected chi connectivity index (χ4v) is 3.49. The van der Waals surface area contributed by atoms with Gasteiger partial charge in [0.05, 0.1) is 24.5 Å². The first-order valence-corrected chi connectivity index (χ1v) is 8.54. The van der Waals surface area contributed by atoms with Crippen molar-refractivity contribution in [1.82, 2.24) is 9.97 Å². The van der Waals surface area contributed by atoms with Crippen molar-refractivity contribution < 1.29 is 27.4 Å². The normalized spacial score (nSPS) is 14.9. The van der Waals surface area contributed by atoms with Crippen LogP contribution in [0.4, 0.5) is 17.6 Å². The molecule has 1 atom stereocenters. The first-order chi connectivity index (χ1) is 13.0. The molecule has 2 aromatic heterocycles. The summed E-state index contributed by atoms with van der Waals surface area (Å²) in [6.45, 7) is 3.01. The van der Waals surface area contributed by atoms with E-state index in [1.807, 2.05) is 0 Å². The van der Waals surface area contributed by atoms with Crippen LogP contribution in [0.1, 0.15) is 31.5 Å². The van der Waals surface area contributed by atoms with E-state index in [4.69, 9.17) is 4.74 Å². The summed E-state index contributed by atoms with van der Waals surface area (Å²) in [5.74, 6) is -0.354. The standard InChI is InChI=1S/C20H20F4N2O2/c1-18(2,14-9-13(21)4-5-16(14)28-3)11-19(27,20(22,23)24)17-8-12-6-7-25-10-15(12)26-17/h4-10,26-27H,11H2,1-3H3. The molecule has 0 saturated heterocycles. The van der Waals surface area contributed by atoms with E-state index < -0.39 is 35.1 Å². The van der Waals surface area contributed by atoms with Crippen molar-refractivity contribution >= 4 is 10.9 Å². The Balaban J connectivity index is 2.11. The average molecular weight is 396 g/mol. The number of benzene rings is 1. The molecule has 150 valence electrons. The van der Waals surface area contributed by atoms with Crippen molar-refractivity contribution in [3.63, 3.8) is 0 Å². The predicted octanol–water partition coefficient (Wildman–Crippen LogP) is 4.83. The second kappa shape index (κ2) is 6.77. The number of aliphatic hydroxyl groups is 1. The number of H-pyrrole nitrogens is 1. The fourth-order valence-electron chi connectivity index (χ4n) is 3.49. The van der Waals surface area contributed by atoms with Crippen LogP contribution in [0.3, 0.4) is 0 Å². The highest BCUT2D eigenvalue weighted by atomic mass is 19.4. The number of halogens is 4. The number of nitrogens with zero attached hydrogens (tertiary/aromatic N) is 1. The van der Waals surface area contributed by atoms with Crippen molar-refractivity contribution in [1.29, 1.82) is 0 Å². The number of nitrogens with one attached hydrogen (secondary N) is 1.